The van der Waals surface area contributed by atoms with Crippen LogP contribution >= 0.6 is 35.0 Å². The topological polar surface area (TPSA) is 94.1 Å². The molecular formula is C20H17Cl2N5O2S. The van der Waals surface area contributed by atoms with Crippen molar-refractivity contribution in [2.24, 2.45) is 0 Å². The Labute approximate surface area is 187 Å². The zero-order valence-electron chi connectivity index (χ0n) is 15.7. The van der Waals surface area contributed by atoms with E-state index in [4.69, 9.17) is 29.0 Å². The molecule has 0 radical (unpaired) electrons. The molecule has 0 unspecified atom stereocenters. The van der Waals surface area contributed by atoms with Crippen LogP contribution in [0.15, 0.2) is 47.6 Å². The van der Waals surface area contributed by atoms with Gasteiger partial charge in [-0.15, -0.1) is 10.2 Å². The summed E-state index contributed by atoms with van der Waals surface area (Å²) in [7, 11) is 0. The first-order valence-corrected chi connectivity index (χ1v) is 11.0. The average Bonchev–Trinajstić information content (AvgIpc) is 3.21. The second kappa shape index (κ2) is 8.67. The van der Waals surface area contributed by atoms with E-state index in [1.807, 2.05) is 0 Å². The van der Waals surface area contributed by atoms with Gasteiger partial charge in [0.25, 0.3) is 11.8 Å². The molecule has 1 aliphatic heterocycles. The lowest BCUT2D eigenvalue weighted by atomic mass is 10.1. The summed E-state index contributed by atoms with van der Waals surface area (Å²) in [4.78, 5) is 26.0. The van der Waals surface area contributed by atoms with Gasteiger partial charge in [0, 0.05) is 22.9 Å². The Bertz CT molecular complexity index is 1100. The zero-order valence-corrected chi connectivity index (χ0v) is 18.0. The van der Waals surface area contributed by atoms with E-state index in [1.165, 1.54) is 21.3 Å². The molecule has 0 bridgehead atoms. The molecule has 7 nitrogen and oxygen atoms in total. The molecule has 3 aromatic rings. The molecule has 4 rings (SSSR count). The van der Waals surface area contributed by atoms with Crippen molar-refractivity contribution >= 4 is 46.8 Å². The van der Waals surface area contributed by atoms with Gasteiger partial charge in [-0.25, -0.2) is 4.68 Å². The third-order valence-electron chi connectivity index (χ3n) is 4.72. The van der Waals surface area contributed by atoms with Gasteiger partial charge in [0.1, 0.15) is 0 Å². The third kappa shape index (κ3) is 3.90. The second-order valence-corrected chi connectivity index (χ2v) is 8.57. The summed E-state index contributed by atoms with van der Waals surface area (Å²) in [6.07, 6.45) is 1.47. The predicted octanol–water partition coefficient (Wildman–Crippen LogP) is 4.13. The minimum absolute atomic E-state index is 0.227. The van der Waals surface area contributed by atoms with Gasteiger partial charge in [-0.2, -0.15) is 0 Å². The Balaban J connectivity index is 1.30. The van der Waals surface area contributed by atoms with Gasteiger partial charge in [-0.1, -0.05) is 47.1 Å². The summed E-state index contributed by atoms with van der Waals surface area (Å²) in [6.45, 7) is 0.383. The number of fused-ring (bicyclic) bond motifs is 1. The van der Waals surface area contributed by atoms with E-state index in [2.05, 4.69) is 10.2 Å². The maximum absolute atomic E-state index is 12.4. The molecule has 2 amide bonds. The van der Waals surface area contributed by atoms with E-state index in [0.717, 1.165) is 6.42 Å². The Kier molecular flexibility index (Phi) is 5.99. The molecule has 0 saturated carbocycles. The van der Waals surface area contributed by atoms with Gasteiger partial charge in [-0.3, -0.25) is 14.5 Å². The number of nitrogens with zero attached hydrogens (tertiary/aromatic N) is 4. The fourth-order valence-corrected chi connectivity index (χ4v) is 4.56. The number of carbonyl (C=O) groups is 2. The number of nitrogens with two attached hydrogens (primary N) is 1. The maximum atomic E-state index is 12.4. The number of carbonyl (C=O) groups excluding carboxylic acids is 2. The normalized spacial score (nSPS) is 13.2. The van der Waals surface area contributed by atoms with Crippen molar-refractivity contribution in [2.45, 2.75) is 18.0 Å². The molecule has 0 spiro atoms. The van der Waals surface area contributed by atoms with Crippen molar-refractivity contribution in [2.75, 3.05) is 18.1 Å². The van der Waals surface area contributed by atoms with Crippen molar-refractivity contribution in [1.29, 1.82) is 0 Å². The van der Waals surface area contributed by atoms with Crippen molar-refractivity contribution in [1.82, 2.24) is 19.8 Å². The van der Waals surface area contributed by atoms with Gasteiger partial charge in [-0.05, 0) is 43.2 Å². The molecule has 2 aromatic carbocycles. The fraction of sp³-hybridized carbons (Fsp3) is 0.200. The Morgan fingerprint density at radius 1 is 0.933 bits per heavy atom. The summed E-state index contributed by atoms with van der Waals surface area (Å²) in [5.74, 6) is 6.83. The maximum Gasteiger partial charge on any atom is 0.261 e. The molecular weight excluding hydrogens is 445 g/mol. The van der Waals surface area contributed by atoms with Crippen LogP contribution in [0.1, 0.15) is 33.6 Å². The van der Waals surface area contributed by atoms with Crippen LogP contribution in [0.2, 0.25) is 10.0 Å². The molecule has 2 N–H and O–H groups in total. The highest BCUT2D eigenvalue weighted by atomic mass is 35.5. The lowest BCUT2D eigenvalue weighted by Crippen LogP contribution is -2.30. The van der Waals surface area contributed by atoms with Crippen molar-refractivity contribution in [3.8, 4) is 11.4 Å². The monoisotopic (exact) mass is 461 g/mol. The van der Waals surface area contributed by atoms with Gasteiger partial charge in [0.05, 0.1) is 16.1 Å². The minimum Gasteiger partial charge on any atom is -0.335 e. The molecule has 2 heterocycles. The lowest BCUT2D eigenvalue weighted by molar-refractivity contribution is 0.0652. The molecule has 1 aliphatic rings. The number of aromatic nitrogens is 3. The highest BCUT2D eigenvalue weighted by Crippen LogP contribution is 2.30. The first-order valence-electron chi connectivity index (χ1n) is 9.21. The molecule has 0 atom stereocenters. The number of unbranched alkanes of at least 4 members (excludes halogenated alkanes) is 1. The van der Waals surface area contributed by atoms with E-state index in [1.54, 1.807) is 42.5 Å². The van der Waals surface area contributed by atoms with E-state index in [-0.39, 0.29) is 11.8 Å². The molecule has 154 valence electrons. The smallest absolute Gasteiger partial charge is 0.261 e. The van der Waals surface area contributed by atoms with Crippen LogP contribution < -0.4 is 5.84 Å². The van der Waals surface area contributed by atoms with Crippen molar-refractivity contribution < 1.29 is 9.59 Å². The van der Waals surface area contributed by atoms with Crippen molar-refractivity contribution in [3.63, 3.8) is 0 Å². The van der Waals surface area contributed by atoms with Gasteiger partial charge in [0.15, 0.2) is 5.82 Å². The third-order valence-corrected chi connectivity index (χ3v) is 6.30. The quantitative estimate of drug-likeness (QED) is 0.246. The number of thioether (sulfide) groups is 1. The number of hydrogen-bond acceptors (Lipinski definition) is 6. The standard InChI is InChI=1S/C20H17Cl2N5O2S/c21-12-7-8-15(16(22)11-12)17-24-25-20(27(17)23)30-10-4-3-9-26-18(28)13-5-1-2-6-14(13)19(26)29/h1-2,5-8,11H,3-4,9-10,23H2. The molecule has 30 heavy (non-hydrogen) atoms. The Hall–Kier alpha value is -2.55. The highest BCUT2D eigenvalue weighted by Gasteiger charge is 2.34. The van der Waals surface area contributed by atoms with Gasteiger partial charge < -0.3 is 5.84 Å². The minimum atomic E-state index is -0.227. The van der Waals surface area contributed by atoms with Crippen LogP contribution in [0.25, 0.3) is 11.4 Å². The van der Waals surface area contributed by atoms with Gasteiger partial charge in [0.2, 0.25) is 5.16 Å². The SMILES string of the molecule is Nn1c(SCCCCN2C(=O)c3ccccc3C2=O)nnc1-c1ccc(Cl)cc1Cl. The van der Waals surface area contributed by atoms with Crippen LogP contribution in [0.3, 0.4) is 0 Å². The number of imide groups is 1. The largest absolute Gasteiger partial charge is 0.335 e. The van der Waals surface area contributed by atoms with Crippen LogP contribution in [-0.2, 0) is 0 Å². The Morgan fingerprint density at radius 3 is 2.30 bits per heavy atom. The van der Waals surface area contributed by atoms with Crippen molar-refractivity contribution in [3.05, 3.63) is 63.6 Å². The van der Waals surface area contributed by atoms with Crippen LogP contribution in [-0.4, -0.2) is 43.9 Å². The number of amides is 2. The molecule has 10 heteroatoms. The van der Waals surface area contributed by atoms with E-state index < -0.39 is 0 Å². The van der Waals surface area contributed by atoms with Crippen LogP contribution in [0, 0.1) is 0 Å². The van der Waals surface area contributed by atoms with Crippen LogP contribution in [0.4, 0.5) is 0 Å². The molecule has 0 saturated heterocycles. The lowest BCUT2D eigenvalue weighted by Gasteiger charge is -2.13. The average molecular weight is 462 g/mol. The van der Waals surface area contributed by atoms with E-state index >= 15 is 0 Å². The molecule has 0 fully saturated rings. The highest BCUT2D eigenvalue weighted by molar-refractivity contribution is 7.99. The van der Waals surface area contributed by atoms with Gasteiger partial charge >= 0.3 is 0 Å². The fourth-order valence-electron chi connectivity index (χ4n) is 3.21. The summed E-state index contributed by atoms with van der Waals surface area (Å²) in [6, 6.07) is 12.0. The number of rotatable bonds is 7. The first kappa shape index (κ1) is 20.7. The predicted molar refractivity (Wildman–Crippen MR) is 117 cm³/mol. The summed E-state index contributed by atoms with van der Waals surface area (Å²) < 4.78 is 1.39. The van der Waals surface area contributed by atoms with Crippen LogP contribution in [0.5, 0.6) is 0 Å². The second-order valence-electron chi connectivity index (χ2n) is 6.66. The summed E-state index contributed by atoms with van der Waals surface area (Å²) >= 11 is 13.6. The number of halogens is 2. The molecule has 0 aliphatic carbocycles. The zero-order chi connectivity index (χ0) is 21.3. The Morgan fingerprint density at radius 2 is 1.63 bits per heavy atom. The molecule has 1 aromatic heterocycles. The number of hydrogen-bond donors (Lipinski definition) is 1. The first-order chi connectivity index (χ1) is 14.5. The summed E-state index contributed by atoms with van der Waals surface area (Å²) in [5.41, 5.74) is 1.59. The number of nitrogen functional groups attached to an aromatic ring is 1. The van der Waals surface area contributed by atoms with E-state index in [0.29, 0.717) is 56.4 Å². The van der Waals surface area contributed by atoms with E-state index in [9.17, 15) is 9.59 Å². The number of benzene rings is 2. The summed E-state index contributed by atoms with van der Waals surface area (Å²) in [5, 5.41) is 9.77.